The van der Waals surface area contributed by atoms with Gasteiger partial charge in [0, 0.05) is 31.0 Å². The van der Waals surface area contributed by atoms with Crippen LogP contribution in [0.15, 0.2) is 36.4 Å². The van der Waals surface area contributed by atoms with Crippen LogP contribution in [0.1, 0.15) is 42.0 Å². The molecule has 0 radical (unpaired) electrons. The molecule has 0 aliphatic carbocycles. The monoisotopic (exact) mass is 404 g/mol. The molecule has 2 aliphatic heterocycles. The molecule has 1 aromatic carbocycles. The first-order chi connectivity index (χ1) is 14.6. The van der Waals surface area contributed by atoms with Gasteiger partial charge in [0.2, 0.25) is 5.91 Å². The molecule has 3 aromatic rings. The van der Waals surface area contributed by atoms with Crippen LogP contribution in [-0.2, 0) is 4.79 Å². The van der Waals surface area contributed by atoms with Crippen molar-refractivity contribution < 1.29 is 9.53 Å². The smallest absolute Gasteiger partial charge is 0.226 e. The van der Waals surface area contributed by atoms with Gasteiger partial charge in [0.05, 0.1) is 12.8 Å². The number of carbonyl (C=O) groups excluding carboxylic acids is 1. The van der Waals surface area contributed by atoms with Crippen molar-refractivity contribution in [2.75, 3.05) is 30.4 Å². The predicted octanol–water partition coefficient (Wildman–Crippen LogP) is 3.05. The molecule has 1 unspecified atom stereocenters. The van der Waals surface area contributed by atoms with E-state index in [9.17, 15) is 4.79 Å². The molecule has 2 aromatic heterocycles. The van der Waals surface area contributed by atoms with Gasteiger partial charge in [-0.05, 0) is 49.6 Å². The molecule has 30 heavy (non-hydrogen) atoms. The highest BCUT2D eigenvalue weighted by molar-refractivity contribution is 5.95. The maximum absolute atomic E-state index is 12.5. The van der Waals surface area contributed by atoms with Crippen molar-refractivity contribution in [3.05, 3.63) is 53.2 Å². The molecule has 0 bridgehead atoms. The van der Waals surface area contributed by atoms with Crippen molar-refractivity contribution >= 4 is 17.5 Å². The van der Waals surface area contributed by atoms with E-state index < -0.39 is 0 Å². The Hall–Kier alpha value is -3.42. The van der Waals surface area contributed by atoms with Crippen molar-refractivity contribution in [3.63, 3.8) is 0 Å². The molecule has 1 atom stereocenters. The topological polar surface area (TPSA) is 85.2 Å². The summed E-state index contributed by atoms with van der Waals surface area (Å²) in [6.07, 6.45) is 2.76. The van der Waals surface area contributed by atoms with E-state index in [0.29, 0.717) is 18.1 Å². The standard InChI is InChI=1S/C22H24N6O2/c1-14-21-17(15-5-7-16(30-2)8-6-15)13-20(29)23-22(21)28(26-14)19-10-9-18(24-25-19)27-11-3-4-12-27/h5-10,17H,3-4,11-13H2,1-2H3,(H,23,29). The highest BCUT2D eigenvalue weighted by Gasteiger charge is 2.33. The van der Waals surface area contributed by atoms with Gasteiger partial charge < -0.3 is 15.0 Å². The number of aromatic nitrogens is 4. The molecular formula is C22H24N6O2. The molecule has 8 heteroatoms. The molecular weight excluding hydrogens is 380 g/mol. The van der Waals surface area contributed by atoms with Crippen LogP contribution in [0, 0.1) is 6.92 Å². The van der Waals surface area contributed by atoms with Gasteiger partial charge in [0.25, 0.3) is 0 Å². The molecule has 5 rings (SSSR count). The van der Waals surface area contributed by atoms with Gasteiger partial charge in [-0.25, -0.2) is 0 Å². The van der Waals surface area contributed by atoms with Crippen LogP contribution in [-0.4, -0.2) is 46.1 Å². The van der Waals surface area contributed by atoms with E-state index in [4.69, 9.17) is 9.84 Å². The van der Waals surface area contributed by atoms with Gasteiger partial charge in [0.1, 0.15) is 11.6 Å². The SMILES string of the molecule is COc1ccc(C2CC(=O)Nc3c2c(C)nn3-c2ccc(N3CCCC3)nn2)cc1. The van der Waals surface area contributed by atoms with Crippen LogP contribution in [0.25, 0.3) is 5.82 Å². The largest absolute Gasteiger partial charge is 0.497 e. The Morgan fingerprint density at radius 3 is 2.40 bits per heavy atom. The Bertz CT molecular complexity index is 1070. The Kier molecular flexibility index (Phi) is 4.61. The summed E-state index contributed by atoms with van der Waals surface area (Å²) in [4.78, 5) is 14.8. The second-order valence-electron chi connectivity index (χ2n) is 7.78. The van der Waals surface area contributed by atoms with Gasteiger partial charge in [0.15, 0.2) is 11.6 Å². The van der Waals surface area contributed by atoms with Crippen molar-refractivity contribution in [1.29, 1.82) is 0 Å². The number of amides is 1. The van der Waals surface area contributed by atoms with Crippen LogP contribution >= 0.6 is 0 Å². The number of aryl methyl sites for hydroxylation is 1. The zero-order chi connectivity index (χ0) is 20.7. The van der Waals surface area contributed by atoms with E-state index >= 15 is 0 Å². The van der Waals surface area contributed by atoms with Gasteiger partial charge in [-0.3, -0.25) is 4.79 Å². The maximum atomic E-state index is 12.5. The fourth-order valence-corrected chi connectivity index (χ4v) is 4.38. The number of fused-ring (bicyclic) bond motifs is 1. The number of methoxy groups -OCH3 is 1. The summed E-state index contributed by atoms with van der Waals surface area (Å²) in [5.41, 5.74) is 2.95. The number of carbonyl (C=O) groups is 1. The Morgan fingerprint density at radius 1 is 1.03 bits per heavy atom. The van der Waals surface area contributed by atoms with Crippen molar-refractivity contribution in [2.24, 2.45) is 0 Å². The molecule has 2 aliphatic rings. The number of hydrogen-bond donors (Lipinski definition) is 1. The van der Waals surface area contributed by atoms with Crippen LogP contribution < -0.4 is 15.0 Å². The molecule has 1 fully saturated rings. The van der Waals surface area contributed by atoms with Crippen LogP contribution in [0.4, 0.5) is 11.6 Å². The summed E-state index contributed by atoms with van der Waals surface area (Å²) in [7, 11) is 1.64. The maximum Gasteiger partial charge on any atom is 0.226 e. The Balaban J connectivity index is 1.52. The first-order valence-corrected chi connectivity index (χ1v) is 10.3. The predicted molar refractivity (Wildman–Crippen MR) is 113 cm³/mol. The minimum absolute atomic E-state index is 0.0360. The number of hydrogen-bond acceptors (Lipinski definition) is 6. The summed E-state index contributed by atoms with van der Waals surface area (Å²) >= 11 is 0. The number of rotatable bonds is 4. The van der Waals surface area contributed by atoms with E-state index in [1.807, 2.05) is 43.3 Å². The third-order valence-corrected chi connectivity index (χ3v) is 5.90. The quantitative estimate of drug-likeness (QED) is 0.719. The molecule has 4 heterocycles. The van der Waals surface area contributed by atoms with Crippen LogP contribution in [0.5, 0.6) is 5.75 Å². The van der Waals surface area contributed by atoms with E-state index in [-0.39, 0.29) is 11.8 Å². The molecule has 0 spiro atoms. The summed E-state index contributed by atoms with van der Waals surface area (Å²) in [6.45, 7) is 4.00. The lowest BCUT2D eigenvalue weighted by Gasteiger charge is -2.24. The third-order valence-electron chi connectivity index (χ3n) is 5.90. The second-order valence-corrected chi connectivity index (χ2v) is 7.78. The lowest BCUT2D eigenvalue weighted by molar-refractivity contribution is -0.116. The molecule has 0 saturated carbocycles. The molecule has 1 amide bonds. The average Bonchev–Trinajstić information content (AvgIpc) is 3.42. The first-order valence-electron chi connectivity index (χ1n) is 10.3. The number of nitrogens with one attached hydrogen (secondary N) is 1. The third kappa shape index (κ3) is 3.18. The van der Waals surface area contributed by atoms with Crippen molar-refractivity contribution in [2.45, 2.75) is 32.1 Å². The zero-order valence-electron chi connectivity index (χ0n) is 17.1. The van der Waals surface area contributed by atoms with Gasteiger partial charge in [-0.2, -0.15) is 9.78 Å². The Labute approximate surface area is 174 Å². The number of anilines is 2. The van der Waals surface area contributed by atoms with Crippen LogP contribution in [0.3, 0.4) is 0 Å². The molecule has 154 valence electrons. The van der Waals surface area contributed by atoms with E-state index in [1.54, 1.807) is 11.8 Å². The average molecular weight is 404 g/mol. The Morgan fingerprint density at radius 2 is 1.73 bits per heavy atom. The van der Waals surface area contributed by atoms with Gasteiger partial charge in [-0.15, -0.1) is 10.2 Å². The fraction of sp³-hybridized carbons (Fsp3) is 0.364. The van der Waals surface area contributed by atoms with Crippen molar-refractivity contribution in [1.82, 2.24) is 20.0 Å². The fourth-order valence-electron chi connectivity index (χ4n) is 4.38. The summed E-state index contributed by atoms with van der Waals surface area (Å²) < 4.78 is 6.96. The zero-order valence-corrected chi connectivity index (χ0v) is 17.1. The lowest BCUT2D eigenvalue weighted by atomic mass is 9.86. The highest BCUT2D eigenvalue weighted by Crippen LogP contribution is 2.40. The lowest BCUT2D eigenvalue weighted by Crippen LogP contribution is -2.25. The molecule has 1 N–H and O–H groups in total. The van der Waals surface area contributed by atoms with E-state index in [2.05, 4.69) is 20.4 Å². The summed E-state index contributed by atoms with van der Waals surface area (Å²) in [5, 5.41) is 16.5. The highest BCUT2D eigenvalue weighted by atomic mass is 16.5. The summed E-state index contributed by atoms with van der Waals surface area (Å²) in [6, 6.07) is 11.7. The molecule has 8 nitrogen and oxygen atoms in total. The number of benzene rings is 1. The summed E-state index contributed by atoms with van der Waals surface area (Å²) in [5.74, 6) is 2.84. The minimum Gasteiger partial charge on any atom is -0.497 e. The van der Waals surface area contributed by atoms with Crippen molar-refractivity contribution in [3.8, 4) is 11.6 Å². The first kappa shape index (κ1) is 18.6. The number of nitrogens with zero attached hydrogens (tertiary/aromatic N) is 5. The normalized spacial score (nSPS) is 18.3. The van der Waals surface area contributed by atoms with Gasteiger partial charge in [-0.1, -0.05) is 12.1 Å². The second kappa shape index (κ2) is 7.44. The van der Waals surface area contributed by atoms with Crippen LogP contribution in [0.2, 0.25) is 0 Å². The van der Waals surface area contributed by atoms with E-state index in [0.717, 1.165) is 41.5 Å². The molecule has 1 saturated heterocycles. The number of ether oxygens (including phenoxy) is 1. The minimum atomic E-state index is -0.0646. The van der Waals surface area contributed by atoms with E-state index in [1.165, 1.54) is 12.8 Å². The van der Waals surface area contributed by atoms with Gasteiger partial charge >= 0.3 is 0 Å².